The van der Waals surface area contributed by atoms with E-state index in [2.05, 4.69) is 66.1 Å². The number of carbonyl (C=O) groups excluding carboxylic acids is 1. The lowest BCUT2D eigenvalue weighted by Gasteiger charge is -2.21. The quantitative estimate of drug-likeness (QED) is 0.898. The third-order valence-corrected chi connectivity index (χ3v) is 6.43. The average Bonchev–Trinajstić information content (AvgIpc) is 3.39. The van der Waals surface area contributed by atoms with Gasteiger partial charge in [0.1, 0.15) is 0 Å². The Balaban J connectivity index is 1.33. The first-order valence-electron chi connectivity index (χ1n) is 10.3. The maximum atomic E-state index is 12.7. The first-order chi connectivity index (χ1) is 13.0. The van der Waals surface area contributed by atoms with E-state index in [1.807, 2.05) is 4.90 Å². The Hall–Kier alpha value is -2.01. The topological polar surface area (TPSA) is 40.5 Å². The number of hydrogen-bond acceptors (Lipinski definition) is 2. The zero-order valence-corrected chi connectivity index (χ0v) is 16.8. The van der Waals surface area contributed by atoms with Crippen LogP contribution in [0.4, 0.5) is 4.79 Å². The Morgan fingerprint density at radius 2 is 2.00 bits per heavy atom. The molecule has 1 N–H and O–H groups in total. The molecule has 0 saturated carbocycles. The second-order valence-electron chi connectivity index (χ2n) is 8.57. The summed E-state index contributed by atoms with van der Waals surface area (Å²) in [6.45, 7) is 9.24. The van der Waals surface area contributed by atoms with Gasteiger partial charge in [0.15, 0.2) is 0 Å². The molecule has 2 saturated heterocycles. The molecular formula is C22H32N4O. The van der Waals surface area contributed by atoms with Crippen LogP contribution >= 0.6 is 0 Å². The number of benzene rings is 1. The van der Waals surface area contributed by atoms with Crippen molar-refractivity contribution in [2.24, 2.45) is 13.0 Å². The van der Waals surface area contributed by atoms with Crippen molar-refractivity contribution in [1.82, 2.24) is 19.7 Å². The molecule has 0 aliphatic carbocycles. The van der Waals surface area contributed by atoms with E-state index in [0.29, 0.717) is 17.9 Å². The summed E-state index contributed by atoms with van der Waals surface area (Å²) < 4.78 is 2.20. The summed E-state index contributed by atoms with van der Waals surface area (Å²) in [6.07, 6.45) is 4.48. The lowest BCUT2D eigenvalue weighted by Crippen LogP contribution is -2.41. The number of aryl methyl sites for hydroxylation is 1. The van der Waals surface area contributed by atoms with E-state index in [1.54, 1.807) is 0 Å². The van der Waals surface area contributed by atoms with Crippen molar-refractivity contribution in [3.63, 3.8) is 0 Å². The Kier molecular flexibility index (Phi) is 5.13. The van der Waals surface area contributed by atoms with Crippen LogP contribution in [0.25, 0.3) is 10.9 Å². The summed E-state index contributed by atoms with van der Waals surface area (Å²) in [4.78, 5) is 17.2. The molecule has 27 heavy (non-hydrogen) atoms. The summed E-state index contributed by atoms with van der Waals surface area (Å²) in [6, 6.07) is 9.28. The van der Waals surface area contributed by atoms with Gasteiger partial charge in [0.25, 0.3) is 0 Å². The molecular weight excluding hydrogens is 336 g/mol. The Morgan fingerprint density at radius 1 is 1.19 bits per heavy atom. The smallest absolute Gasteiger partial charge is 0.317 e. The molecule has 3 heterocycles. The van der Waals surface area contributed by atoms with Crippen molar-refractivity contribution in [1.29, 1.82) is 0 Å². The number of carbonyl (C=O) groups is 1. The van der Waals surface area contributed by atoms with Gasteiger partial charge in [-0.15, -0.1) is 0 Å². The maximum absolute atomic E-state index is 12.7. The predicted molar refractivity (Wildman–Crippen MR) is 110 cm³/mol. The highest BCUT2D eigenvalue weighted by Crippen LogP contribution is 2.33. The number of nitrogens with zero attached hydrogens (tertiary/aromatic N) is 3. The maximum Gasteiger partial charge on any atom is 0.317 e. The van der Waals surface area contributed by atoms with Gasteiger partial charge >= 0.3 is 6.03 Å². The fraction of sp³-hybridized carbons (Fsp3) is 0.591. The van der Waals surface area contributed by atoms with Crippen LogP contribution in [-0.2, 0) is 7.05 Å². The molecule has 0 radical (unpaired) electrons. The largest absolute Gasteiger partial charge is 0.350 e. The minimum absolute atomic E-state index is 0.112. The van der Waals surface area contributed by atoms with E-state index in [9.17, 15) is 4.79 Å². The summed E-state index contributed by atoms with van der Waals surface area (Å²) in [5.74, 6) is 1.03. The van der Waals surface area contributed by atoms with E-state index in [1.165, 1.54) is 22.9 Å². The van der Waals surface area contributed by atoms with Crippen molar-refractivity contribution < 1.29 is 4.79 Å². The van der Waals surface area contributed by atoms with E-state index >= 15 is 0 Å². The highest BCUT2D eigenvalue weighted by Gasteiger charge is 2.30. The van der Waals surface area contributed by atoms with Gasteiger partial charge in [0.05, 0.1) is 0 Å². The van der Waals surface area contributed by atoms with Crippen LogP contribution in [0.5, 0.6) is 0 Å². The van der Waals surface area contributed by atoms with Crippen molar-refractivity contribution in [3.8, 4) is 0 Å². The molecule has 1 aromatic carbocycles. The van der Waals surface area contributed by atoms with Crippen LogP contribution in [0.2, 0.25) is 0 Å². The van der Waals surface area contributed by atoms with Crippen LogP contribution in [0.1, 0.15) is 38.2 Å². The molecule has 5 nitrogen and oxygen atoms in total. The molecule has 146 valence electrons. The van der Waals surface area contributed by atoms with Crippen molar-refractivity contribution >= 4 is 16.9 Å². The summed E-state index contributed by atoms with van der Waals surface area (Å²) in [7, 11) is 2.10. The molecule has 5 heteroatoms. The van der Waals surface area contributed by atoms with E-state index < -0.39 is 0 Å². The fourth-order valence-electron chi connectivity index (χ4n) is 4.74. The normalized spacial score (nSPS) is 23.6. The van der Waals surface area contributed by atoms with E-state index in [0.717, 1.165) is 39.1 Å². The van der Waals surface area contributed by atoms with Crippen LogP contribution in [0.3, 0.4) is 0 Å². The van der Waals surface area contributed by atoms with Gasteiger partial charge in [-0.05, 0) is 50.8 Å². The van der Waals surface area contributed by atoms with Crippen molar-refractivity contribution in [2.45, 2.75) is 38.6 Å². The Morgan fingerprint density at radius 3 is 2.78 bits per heavy atom. The molecule has 2 fully saturated rings. The van der Waals surface area contributed by atoms with Gasteiger partial charge < -0.3 is 19.7 Å². The molecule has 0 spiro atoms. The van der Waals surface area contributed by atoms with Gasteiger partial charge in [-0.2, -0.15) is 0 Å². The van der Waals surface area contributed by atoms with Gasteiger partial charge in [-0.1, -0.05) is 18.2 Å². The zero-order valence-electron chi connectivity index (χ0n) is 16.8. The van der Waals surface area contributed by atoms with Crippen LogP contribution < -0.4 is 5.32 Å². The Labute approximate surface area is 162 Å². The Bertz CT molecular complexity index is 812. The minimum atomic E-state index is 0.112. The van der Waals surface area contributed by atoms with Gasteiger partial charge in [-0.25, -0.2) is 4.79 Å². The molecule has 2 atom stereocenters. The van der Waals surface area contributed by atoms with Gasteiger partial charge in [0.2, 0.25) is 0 Å². The molecule has 2 aliphatic rings. The molecule has 2 unspecified atom stereocenters. The van der Waals surface area contributed by atoms with E-state index in [4.69, 9.17) is 0 Å². The van der Waals surface area contributed by atoms with Crippen molar-refractivity contribution in [3.05, 3.63) is 36.0 Å². The third kappa shape index (κ3) is 3.70. The second kappa shape index (κ2) is 7.55. The summed E-state index contributed by atoms with van der Waals surface area (Å²) in [5, 5.41) is 4.52. The lowest BCUT2D eigenvalue weighted by atomic mass is 9.98. The number of fused-ring (bicyclic) bond motifs is 1. The second-order valence-corrected chi connectivity index (χ2v) is 8.57. The molecule has 2 amide bonds. The average molecular weight is 369 g/mol. The highest BCUT2D eigenvalue weighted by atomic mass is 16.2. The lowest BCUT2D eigenvalue weighted by molar-refractivity contribution is 0.205. The number of aromatic nitrogens is 1. The summed E-state index contributed by atoms with van der Waals surface area (Å²) >= 11 is 0. The number of urea groups is 1. The molecule has 4 rings (SSSR count). The first-order valence-corrected chi connectivity index (χ1v) is 10.3. The number of rotatable bonds is 4. The SMILES string of the molecule is CC(C)N1CCC(CNC(=O)N2CCC(c3cn(C)c4ccccc34)C2)C1. The standard InChI is InChI=1S/C22H32N4O/c1-16(2)25-10-8-17(13-25)12-23-22(27)26-11-9-18(14-26)20-15-24(3)21-7-5-4-6-19(20)21/h4-7,15-18H,8-14H2,1-3H3,(H,23,27). The highest BCUT2D eigenvalue weighted by molar-refractivity contribution is 5.84. The monoisotopic (exact) mass is 368 g/mol. The molecule has 1 aromatic heterocycles. The van der Waals surface area contributed by atoms with Gasteiger partial charge in [-0.3, -0.25) is 0 Å². The van der Waals surface area contributed by atoms with Crippen LogP contribution in [-0.4, -0.2) is 59.2 Å². The number of hydrogen-bond donors (Lipinski definition) is 1. The zero-order chi connectivity index (χ0) is 19.0. The number of likely N-dealkylation sites (tertiary alicyclic amines) is 2. The van der Waals surface area contributed by atoms with Crippen LogP contribution in [0.15, 0.2) is 30.5 Å². The van der Waals surface area contributed by atoms with Crippen LogP contribution in [0, 0.1) is 5.92 Å². The molecule has 2 aliphatic heterocycles. The number of nitrogens with one attached hydrogen (secondary N) is 1. The number of amides is 2. The number of para-hydroxylation sites is 1. The van der Waals surface area contributed by atoms with E-state index in [-0.39, 0.29) is 6.03 Å². The molecule has 0 bridgehead atoms. The minimum Gasteiger partial charge on any atom is -0.350 e. The molecule has 2 aromatic rings. The van der Waals surface area contributed by atoms with Crippen molar-refractivity contribution in [2.75, 3.05) is 32.7 Å². The first kappa shape index (κ1) is 18.4. The summed E-state index contributed by atoms with van der Waals surface area (Å²) in [5.41, 5.74) is 2.65. The predicted octanol–water partition coefficient (Wildman–Crippen LogP) is 3.41. The third-order valence-electron chi connectivity index (χ3n) is 6.43. The fourth-order valence-corrected chi connectivity index (χ4v) is 4.74. The van der Waals surface area contributed by atoms with Gasteiger partial charge in [0, 0.05) is 62.3 Å².